The predicted molar refractivity (Wildman–Crippen MR) is 84.2 cm³/mol. The van der Waals surface area contributed by atoms with E-state index in [1.165, 1.54) is 12.8 Å². The number of likely N-dealkylation sites (tertiary alicyclic amines) is 1. The van der Waals surface area contributed by atoms with Crippen molar-refractivity contribution in [3.63, 3.8) is 0 Å². The van der Waals surface area contributed by atoms with Crippen molar-refractivity contribution in [2.45, 2.75) is 31.3 Å². The van der Waals surface area contributed by atoms with E-state index in [1.807, 2.05) is 11.0 Å². The van der Waals surface area contributed by atoms with Gasteiger partial charge in [-0.3, -0.25) is 9.69 Å². The second-order valence-electron chi connectivity index (χ2n) is 5.71. The molecular formula is C15H18BrClN2O. The van der Waals surface area contributed by atoms with Gasteiger partial charge in [0.15, 0.2) is 0 Å². The molecule has 0 saturated carbocycles. The van der Waals surface area contributed by atoms with Gasteiger partial charge in [0.2, 0.25) is 0 Å². The topological polar surface area (TPSA) is 23.6 Å². The molecule has 108 valence electrons. The Morgan fingerprint density at radius 2 is 2.05 bits per heavy atom. The van der Waals surface area contributed by atoms with Gasteiger partial charge in [-0.2, -0.15) is 0 Å². The van der Waals surface area contributed by atoms with E-state index < -0.39 is 0 Å². The van der Waals surface area contributed by atoms with Crippen molar-refractivity contribution >= 4 is 33.4 Å². The molecule has 2 atom stereocenters. The smallest absolute Gasteiger partial charge is 0.255 e. The van der Waals surface area contributed by atoms with Crippen LogP contribution in [0.3, 0.4) is 0 Å². The van der Waals surface area contributed by atoms with Gasteiger partial charge >= 0.3 is 0 Å². The fourth-order valence-electron chi connectivity index (χ4n) is 3.33. The molecule has 1 aromatic rings. The minimum atomic E-state index is 0.106. The van der Waals surface area contributed by atoms with Crippen molar-refractivity contribution in [3.05, 3.63) is 33.3 Å². The van der Waals surface area contributed by atoms with Crippen LogP contribution >= 0.6 is 27.5 Å². The summed E-state index contributed by atoms with van der Waals surface area (Å²) in [6, 6.07) is 6.52. The summed E-state index contributed by atoms with van der Waals surface area (Å²) in [4.78, 5) is 17.1. The molecule has 2 bridgehead atoms. The van der Waals surface area contributed by atoms with Gasteiger partial charge < -0.3 is 4.90 Å². The molecule has 1 aromatic carbocycles. The quantitative estimate of drug-likeness (QED) is 0.769. The van der Waals surface area contributed by atoms with Crippen molar-refractivity contribution in [1.82, 2.24) is 9.80 Å². The first-order chi connectivity index (χ1) is 9.56. The number of carbonyl (C=O) groups excluding carboxylic acids is 1. The fraction of sp³-hybridized carbons (Fsp3) is 0.533. The highest BCUT2D eigenvalue weighted by Gasteiger charge is 2.36. The number of hydrogen-bond donors (Lipinski definition) is 0. The van der Waals surface area contributed by atoms with Gasteiger partial charge in [0.05, 0.1) is 5.56 Å². The molecule has 2 aliphatic heterocycles. The van der Waals surface area contributed by atoms with Crippen molar-refractivity contribution in [3.8, 4) is 0 Å². The lowest BCUT2D eigenvalue weighted by molar-refractivity contribution is 0.0739. The molecule has 1 amide bonds. The first-order valence-electron chi connectivity index (χ1n) is 7.02. The van der Waals surface area contributed by atoms with Crippen LogP contribution in [0.4, 0.5) is 0 Å². The summed E-state index contributed by atoms with van der Waals surface area (Å²) in [6.45, 7) is 1.68. The van der Waals surface area contributed by atoms with Crippen LogP contribution in [0.15, 0.2) is 22.7 Å². The summed E-state index contributed by atoms with van der Waals surface area (Å²) in [6.07, 6.45) is 3.55. The van der Waals surface area contributed by atoms with Crippen LogP contribution in [-0.2, 0) is 0 Å². The molecule has 0 aliphatic carbocycles. The third-order valence-electron chi connectivity index (χ3n) is 4.60. The maximum atomic E-state index is 12.7. The third-order valence-corrected chi connectivity index (χ3v) is 5.49. The van der Waals surface area contributed by atoms with Crippen molar-refractivity contribution in [1.29, 1.82) is 0 Å². The molecule has 0 radical (unpaired) electrons. The van der Waals surface area contributed by atoms with E-state index in [1.54, 1.807) is 12.1 Å². The van der Waals surface area contributed by atoms with Crippen LogP contribution in [-0.4, -0.2) is 47.9 Å². The highest BCUT2D eigenvalue weighted by Crippen LogP contribution is 2.30. The zero-order valence-corrected chi connectivity index (χ0v) is 13.8. The van der Waals surface area contributed by atoms with E-state index in [0.29, 0.717) is 22.7 Å². The summed E-state index contributed by atoms with van der Waals surface area (Å²) in [5.41, 5.74) is 0.704. The summed E-state index contributed by atoms with van der Waals surface area (Å²) < 4.78 is 0.776. The number of benzene rings is 1. The lowest BCUT2D eigenvalue weighted by Crippen LogP contribution is -2.39. The molecule has 2 saturated heterocycles. The normalized spacial score (nSPS) is 26.6. The Morgan fingerprint density at radius 3 is 2.80 bits per heavy atom. The van der Waals surface area contributed by atoms with E-state index in [4.69, 9.17) is 11.6 Å². The van der Waals surface area contributed by atoms with Crippen LogP contribution < -0.4 is 0 Å². The fourth-order valence-corrected chi connectivity index (χ4v) is 4.18. The summed E-state index contributed by atoms with van der Waals surface area (Å²) in [5, 5.41) is 0.642. The molecule has 5 heteroatoms. The molecule has 0 N–H and O–H groups in total. The minimum absolute atomic E-state index is 0.106. The molecule has 2 aliphatic rings. The number of amides is 1. The van der Waals surface area contributed by atoms with Gasteiger partial charge in [-0.25, -0.2) is 0 Å². The maximum absolute atomic E-state index is 12.7. The van der Waals surface area contributed by atoms with E-state index in [9.17, 15) is 4.79 Å². The van der Waals surface area contributed by atoms with E-state index in [-0.39, 0.29) is 5.91 Å². The molecule has 3 nitrogen and oxygen atoms in total. The van der Waals surface area contributed by atoms with E-state index in [2.05, 4.69) is 27.9 Å². The van der Waals surface area contributed by atoms with Crippen molar-refractivity contribution in [2.24, 2.45) is 0 Å². The zero-order valence-electron chi connectivity index (χ0n) is 11.5. The number of fused-ring (bicyclic) bond motifs is 2. The monoisotopic (exact) mass is 356 g/mol. The van der Waals surface area contributed by atoms with Crippen LogP contribution in [0.2, 0.25) is 5.02 Å². The molecule has 0 spiro atoms. The van der Waals surface area contributed by atoms with Gasteiger partial charge in [-0.05, 0) is 60.4 Å². The molecule has 2 heterocycles. The molecule has 2 unspecified atom stereocenters. The summed E-state index contributed by atoms with van der Waals surface area (Å²) >= 11 is 9.39. The van der Waals surface area contributed by atoms with Gasteiger partial charge in [-0.15, -0.1) is 0 Å². The number of hydrogen-bond acceptors (Lipinski definition) is 2. The first-order valence-corrected chi connectivity index (χ1v) is 8.19. The van der Waals surface area contributed by atoms with Crippen LogP contribution in [0.1, 0.15) is 29.6 Å². The number of rotatable bonds is 1. The lowest BCUT2D eigenvalue weighted by Gasteiger charge is -2.26. The minimum Gasteiger partial charge on any atom is -0.337 e. The van der Waals surface area contributed by atoms with Crippen LogP contribution in [0.5, 0.6) is 0 Å². The van der Waals surface area contributed by atoms with E-state index >= 15 is 0 Å². The Hall–Kier alpha value is -0.580. The van der Waals surface area contributed by atoms with Gasteiger partial charge in [0.1, 0.15) is 0 Å². The number of halogens is 2. The SMILES string of the molecule is CN1C2CCC1CN(C(=O)c1ccc(Cl)cc1Br)CC2. The van der Waals surface area contributed by atoms with Gasteiger partial charge in [0, 0.05) is 34.7 Å². The highest BCUT2D eigenvalue weighted by molar-refractivity contribution is 9.10. The van der Waals surface area contributed by atoms with Crippen LogP contribution in [0.25, 0.3) is 0 Å². The molecule has 3 rings (SSSR count). The molecule has 20 heavy (non-hydrogen) atoms. The standard InChI is InChI=1S/C15H18BrClN2O/c1-18-11-3-4-12(18)9-19(7-6-11)15(20)13-5-2-10(17)8-14(13)16/h2,5,8,11-12H,3-4,6-7,9H2,1H3. The number of likely N-dealkylation sites (N-methyl/N-ethyl adjacent to an activating group) is 1. The zero-order chi connectivity index (χ0) is 14.3. The maximum Gasteiger partial charge on any atom is 0.255 e. The van der Waals surface area contributed by atoms with E-state index in [0.717, 1.165) is 24.0 Å². The Bertz CT molecular complexity index is 537. The summed E-state index contributed by atoms with van der Waals surface area (Å²) in [7, 11) is 2.19. The van der Waals surface area contributed by atoms with Crippen LogP contribution in [0, 0.1) is 0 Å². The Kier molecular flexibility index (Phi) is 4.07. The molecule has 0 aromatic heterocycles. The predicted octanol–water partition coefficient (Wildman–Crippen LogP) is 3.41. The van der Waals surface area contributed by atoms with Crippen molar-refractivity contribution < 1.29 is 4.79 Å². The second kappa shape index (κ2) is 5.66. The van der Waals surface area contributed by atoms with Gasteiger partial charge in [-0.1, -0.05) is 11.6 Å². The molecule has 2 fully saturated rings. The summed E-state index contributed by atoms with van der Waals surface area (Å²) in [5.74, 6) is 0.106. The molecular weight excluding hydrogens is 340 g/mol. The largest absolute Gasteiger partial charge is 0.337 e. The number of carbonyl (C=O) groups is 1. The lowest BCUT2D eigenvalue weighted by atomic mass is 10.1. The average Bonchev–Trinajstić information content (AvgIpc) is 2.62. The van der Waals surface area contributed by atoms with Gasteiger partial charge in [0.25, 0.3) is 5.91 Å². The van der Waals surface area contributed by atoms with Crippen molar-refractivity contribution in [2.75, 3.05) is 20.1 Å². The third kappa shape index (κ3) is 2.61. The Labute approximate surface area is 133 Å². The second-order valence-corrected chi connectivity index (χ2v) is 7.01. The first kappa shape index (κ1) is 14.4. The Balaban J connectivity index is 1.80. The highest BCUT2D eigenvalue weighted by atomic mass is 79.9. The number of nitrogens with zero attached hydrogens (tertiary/aromatic N) is 2. The average molecular weight is 358 g/mol. The Morgan fingerprint density at radius 1 is 1.30 bits per heavy atom.